The number of rotatable bonds is 6. The monoisotopic (exact) mass is 446 g/mol. The maximum absolute atomic E-state index is 11.6. The van der Waals surface area contributed by atoms with Gasteiger partial charge < -0.3 is 15.3 Å². The van der Waals surface area contributed by atoms with Crippen molar-refractivity contribution in [2.24, 2.45) is 46.3 Å². The number of aliphatic hydroxyl groups excluding tert-OH is 2. The van der Waals surface area contributed by atoms with Gasteiger partial charge >= 0.3 is 0 Å². The van der Waals surface area contributed by atoms with Crippen molar-refractivity contribution < 1.29 is 15.3 Å². The van der Waals surface area contributed by atoms with Gasteiger partial charge in [-0.2, -0.15) is 0 Å². The minimum absolute atomic E-state index is 0.307. The van der Waals surface area contributed by atoms with Crippen LogP contribution in [0, 0.1) is 46.3 Å². The van der Waals surface area contributed by atoms with Crippen molar-refractivity contribution in [2.75, 3.05) is 0 Å². The van der Waals surface area contributed by atoms with Gasteiger partial charge in [0.15, 0.2) is 0 Å². The molecule has 0 amide bonds. The van der Waals surface area contributed by atoms with Crippen LogP contribution in [0.2, 0.25) is 0 Å². The molecule has 0 bridgehead atoms. The molecular weight excluding hydrogens is 396 g/mol. The summed E-state index contributed by atoms with van der Waals surface area (Å²) in [6.45, 7) is 14.3. The van der Waals surface area contributed by atoms with E-state index in [1.807, 2.05) is 6.08 Å². The lowest BCUT2D eigenvalue weighted by Gasteiger charge is -2.62. The molecule has 3 N–H and O–H groups in total. The predicted molar refractivity (Wildman–Crippen MR) is 131 cm³/mol. The average Bonchev–Trinajstić information content (AvgIpc) is 3.08. The highest BCUT2D eigenvalue weighted by molar-refractivity contribution is 5.33. The number of fused-ring (bicyclic) bond motifs is 5. The molecule has 32 heavy (non-hydrogen) atoms. The quantitative estimate of drug-likeness (QED) is 0.431. The molecule has 0 saturated heterocycles. The van der Waals surface area contributed by atoms with E-state index >= 15 is 0 Å². The molecule has 184 valence electrons. The molecule has 0 aromatic rings. The number of aliphatic hydroxyl groups is 3. The van der Waals surface area contributed by atoms with Crippen molar-refractivity contribution in [3.05, 3.63) is 11.6 Å². The lowest BCUT2D eigenvalue weighted by Crippen LogP contribution is -2.65. The van der Waals surface area contributed by atoms with E-state index in [-0.39, 0.29) is 5.41 Å². The Bertz CT molecular complexity index is 715. The fourth-order valence-corrected chi connectivity index (χ4v) is 9.21. The molecule has 4 rings (SSSR count). The van der Waals surface area contributed by atoms with Crippen LogP contribution in [0.5, 0.6) is 0 Å². The maximum atomic E-state index is 11.6. The molecule has 0 aliphatic heterocycles. The van der Waals surface area contributed by atoms with Gasteiger partial charge in [0, 0.05) is 11.8 Å². The summed E-state index contributed by atoms with van der Waals surface area (Å²) in [6.07, 6.45) is 11.4. The van der Waals surface area contributed by atoms with E-state index in [0.29, 0.717) is 23.7 Å². The number of hydrogen-bond donors (Lipinski definition) is 3. The molecule has 3 saturated carbocycles. The summed E-state index contributed by atoms with van der Waals surface area (Å²) in [5, 5.41) is 33.0. The van der Waals surface area contributed by atoms with E-state index in [2.05, 4.69) is 41.5 Å². The fourth-order valence-electron chi connectivity index (χ4n) is 9.21. The first-order valence-corrected chi connectivity index (χ1v) is 13.8. The maximum Gasteiger partial charge on any atom is 0.102 e. The second-order valence-corrected chi connectivity index (χ2v) is 13.2. The van der Waals surface area contributed by atoms with Crippen molar-refractivity contribution >= 4 is 0 Å². The average molecular weight is 447 g/mol. The first-order chi connectivity index (χ1) is 15.0. The Morgan fingerprint density at radius 2 is 1.69 bits per heavy atom. The van der Waals surface area contributed by atoms with Crippen LogP contribution in [0.1, 0.15) is 106 Å². The summed E-state index contributed by atoms with van der Waals surface area (Å²) in [6, 6.07) is 0. The Hall–Kier alpha value is -0.380. The van der Waals surface area contributed by atoms with Crippen molar-refractivity contribution in [1.29, 1.82) is 0 Å². The van der Waals surface area contributed by atoms with Crippen LogP contribution >= 0.6 is 0 Å². The molecule has 0 aromatic carbocycles. The van der Waals surface area contributed by atoms with E-state index in [1.54, 1.807) is 0 Å². The zero-order valence-corrected chi connectivity index (χ0v) is 21.6. The minimum Gasteiger partial charge on any atom is -0.393 e. The lowest BCUT2D eigenvalue weighted by atomic mass is 9.45. The molecule has 10 atom stereocenters. The summed E-state index contributed by atoms with van der Waals surface area (Å²) in [4.78, 5) is 0. The molecule has 4 aliphatic carbocycles. The van der Waals surface area contributed by atoms with Crippen molar-refractivity contribution in [1.82, 2.24) is 0 Å². The van der Waals surface area contributed by atoms with Gasteiger partial charge in [-0.05, 0) is 85.9 Å². The van der Waals surface area contributed by atoms with Gasteiger partial charge in [-0.1, -0.05) is 66.0 Å². The first-order valence-electron chi connectivity index (χ1n) is 13.8. The summed E-state index contributed by atoms with van der Waals surface area (Å²) in [7, 11) is 0. The van der Waals surface area contributed by atoms with Gasteiger partial charge in [0.25, 0.3) is 0 Å². The van der Waals surface area contributed by atoms with Gasteiger partial charge in [-0.3, -0.25) is 0 Å². The Morgan fingerprint density at radius 1 is 0.969 bits per heavy atom. The molecule has 3 heteroatoms. The molecular formula is C29H50O3. The van der Waals surface area contributed by atoms with Gasteiger partial charge in [0.1, 0.15) is 11.7 Å². The Labute approximate surface area is 197 Å². The standard InChI is InChI=1S/C29H50O3/c1-7-20(18(2)3)9-8-19(4)23-10-11-24-22-16-26(31)29(32)17-21(30)12-15-28(29,6)25(22)13-14-27(23,24)5/h16,18-21,23-26,30-32H,7-15,17H2,1-6H3/t19-,20?,21+,23-,24?,25?,26-,27-,28-,29+/m1/s1. The van der Waals surface area contributed by atoms with Gasteiger partial charge in [-0.15, -0.1) is 0 Å². The van der Waals surface area contributed by atoms with Gasteiger partial charge in [0.2, 0.25) is 0 Å². The highest BCUT2D eigenvalue weighted by Gasteiger charge is 2.64. The molecule has 3 unspecified atom stereocenters. The first kappa shape index (κ1) is 24.7. The van der Waals surface area contributed by atoms with Crippen LogP contribution in [0.25, 0.3) is 0 Å². The predicted octanol–water partition coefficient (Wildman–Crippen LogP) is 6.11. The van der Waals surface area contributed by atoms with E-state index in [9.17, 15) is 15.3 Å². The summed E-state index contributed by atoms with van der Waals surface area (Å²) < 4.78 is 0. The summed E-state index contributed by atoms with van der Waals surface area (Å²) in [5.41, 5.74) is 0.259. The molecule has 0 radical (unpaired) electrons. The zero-order valence-electron chi connectivity index (χ0n) is 21.6. The minimum atomic E-state index is -1.19. The molecule has 0 heterocycles. The van der Waals surface area contributed by atoms with Crippen molar-refractivity contribution in [3.63, 3.8) is 0 Å². The molecule has 3 nitrogen and oxygen atoms in total. The third kappa shape index (κ3) is 3.64. The molecule has 0 aromatic heterocycles. The van der Waals surface area contributed by atoms with E-state index in [0.717, 1.165) is 42.9 Å². The Morgan fingerprint density at radius 3 is 2.34 bits per heavy atom. The second kappa shape index (κ2) is 8.68. The summed E-state index contributed by atoms with van der Waals surface area (Å²) >= 11 is 0. The fraction of sp³-hybridized carbons (Fsp3) is 0.931. The number of hydrogen-bond acceptors (Lipinski definition) is 3. The van der Waals surface area contributed by atoms with Crippen LogP contribution in [0.4, 0.5) is 0 Å². The van der Waals surface area contributed by atoms with E-state index in [4.69, 9.17) is 0 Å². The van der Waals surface area contributed by atoms with E-state index in [1.165, 1.54) is 44.1 Å². The highest BCUT2D eigenvalue weighted by Crippen LogP contribution is 2.67. The third-order valence-corrected chi connectivity index (χ3v) is 11.5. The largest absolute Gasteiger partial charge is 0.393 e. The molecule has 0 spiro atoms. The Balaban J connectivity index is 1.56. The van der Waals surface area contributed by atoms with E-state index < -0.39 is 17.8 Å². The highest BCUT2D eigenvalue weighted by atomic mass is 16.3. The lowest BCUT2D eigenvalue weighted by molar-refractivity contribution is -0.210. The molecule has 4 aliphatic rings. The second-order valence-electron chi connectivity index (χ2n) is 13.2. The smallest absolute Gasteiger partial charge is 0.102 e. The Kier molecular flexibility index (Phi) is 6.71. The topological polar surface area (TPSA) is 60.7 Å². The van der Waals surface area contributed by atoms with Crippen LogP contribution in [0.15, 0.2) is 11.6 Å². The van der Waals surface area contributed by atoms with Gasteiger partial charge in [0.05, 0.1) is 6.10 Å². The van der Waals surface area contributed by atoms with Crippen LogP contribution in [-0.4, -0.2) is 33.1 Å². The normalized spacial score (nSPS) is 47.9. The van der Waals surface area contributed by atoms with Crippen LogP contribution < -0.4 is 0 Å². The third-order valence-electron chi connectivity index (χ3n) is 11.5. The summed E-state index contributed by atoms with van der Waals surface area (Å²) in [5.74, 6) is 4.02. The van der Waals surface area contributed by atoms with Crippen LogP contribution in [0.3, 0.4) is 0 Å². The number of allylic oxidation sites excluding steroid dienone is 1. The SMILES string of the molecule is CCC(CC[C@@H](C)[C@H]1CCC2C3=C[C@@H](O)[C@@]4(O)C[C@@H](O)CC[C@]4(C)C3CC[C@@]21C)C(C)C. The zero-order chi connectivity index (χ0) is 23.5. The van der Waals surface area contributed by atoms with Crippen LogP contribution in [-0.2, 0) is 0 Å². The van der Waals surface area contributed by atoms with Crippen molar-refractivity contribution in [2.45, 2.75) is 124 Å². The van der Waals surface area contributed by atoms with Gasteiger partial charge in [-0.25, -0.2) is 0 Å². The van der Waals surface area contributed by atoms with Crippen molar-refractivity contribution in [3.8, 4) is 0 Å². The molecule has 3 fully saturated rings.